The number of hydrogen-bond donors (Lipinski definition) is 0. The van der Waals surface area contributed by atoms with Crippen molar-refractivity contribution in [1.29, 1.82) is 0 Å². The van der Waals surface area contributed by atoms with Gasteiger partial charge in [-0.15, -0.1) is 0 Å². The summed E-state index contributed by atoms with van der Waals surface area (Å²) in [5.74, 6) is 0. The van der Waals surface area contributed by atoms with Crippen LogP contribution < -0.4 is 0 Å². The fraction of sp³-hybridized carbons (Fsp3) is 1.00. The Labute approximate surface area is 210 Å². The molecular weight excluding hydrogens is 406 g/mol. The van der Waals surface area contributed by atoms with Crippen LogP contribution in [0.2, 0.25) is 12.6 Å². The second-order valence-electron chi connectivity index (χ2n) is 7.30. The van der Waals surface area contributed by atoms with E-state index in [4.69, 9.17) is 27.9 Å². The van der Waals surface area contributed by atoms with Gasteiger partial charge >= 0.3 is 36.6 Å². The Hall–Kier alpha value is 0.656. The van der Waals surface area contributed by atoms with Gasteiger partial charge in [0.2, 0.25) is 0 Å². The van der Waals surface area contributed by atoms with Gasteiger partial charge in [0.25, 0.3) is 0 Å². The largest absolute Gasteiger partial charge is 2.00 e. The summed E-state index contributed by atoms with van der Waals surface area (Å²) in [4.78, 5) is 0. The predicted molar refractivity (Wildman–Crippen MR) is 136 cm³/mol. The fourth-order valence-corrected chi connectivity index (χ4v) is 3.60. The maximum atomic E-state index is 5.68. The van der Waals surface area contributed by atoms with Crippen molar-refractivity contribution in [2.75, 3.05) is 39.6 Å². The van der Waals surface area contributed by atoms with E-state index in [1.165, 1.54) is 25.7 Å². The normalized spacial score (nSPS) is 11.6. The van der Waals surface area contributed by atoms with Crippen molar-refractivity contribution in [2.45, 2.75) is 107 Å². The van der Waals surface area contributed by atoms with E-state index in [1.807, 2.05) is 41.5 Å². The molecule has 9 heteroatoms. The van der Waals surface area contributed by atoms with Crippen molar-refractivity contribution in [1.82, 2.24) is 0 Å². The molecule has 0 rings (SSSR count). The van der Waals surface area contributed by atoms with Crippen molar-refractivity contribution in [2.24, 2.45) is 0 Å². The van der Waals surface area contributed by atoms with Crippen molar-refractivity contribution in [3.05, 3.63) is 0 Å². The summed E-state index contributed by atoms with van der Waals surface area (Å²) in [7, 11) is 0. The Balaban J connectivity index is -0.000000490. The third-order valence-electron chi connectivity index (χ3n) is 4.85. The van der Waals surface area contributed by atoms with E-state index < -0.39 is 13.5 Å². The van der Waals surface area contributed by atoms with E-state index in [-0.39, 0.29) is 23.1 Å². The van der Waals surface area contributed by atoms with Crippen LogP contribution in [-0.4, -0.2) is 76.2 Å². The van der Waals surface area contributed by atoms with Gasteiger partial charge in [-0.25, -0.2) is 0 Å². The first-order valence-corrected chi connectivity index (χ1v) is 12.6. The van der Waals surface area contributed by atoms with Gasteiger partial charge in [-0.2, -0.15) is 0 Å². The first-order chi connectivity index (χ1) is 14.5. The van der Waals surface area contributed by atoms with E-state index in [0.717, 1.165) is 25.5 Å². The molecule has 0 aromatic heterocycles. The zero-order valence-electron chi connectivity index (χ0n) is 22.2. The van der Waals surface area contributed by atoms with Crippen LogP contribution in [0.15, 0.2) is 0 Å². The average molecular weight is 459 g/mol. The average Bonchev–Trinajstić information content (AvgIpc) is 2.70. The summed E-state index contributed by atoms with van der Waals surface area (Å²) in [6, 6.07) is 0. The topological polar surface area (TPSA) is 55.4 Å². The molecule has 0 saturated heterocycles. The maximum absolute atomic E-state index is 5.68. The molecule has 0 bridgehead atoms. The zero-order chi connectivity index (χ0) is 23.1. The zero-order valence-corrected chi connectivity index (χ0v) is 23.6. The molecule has 0 radical (unpaired) electrons. The van der Waals surface area contributed by atoms with E-state index in [0.29, 0.717) is 39.6 Å². The molecule has 0 unspecified atom stereocenters. The molecule has 0 amide bonds. The van der Waals surface area contributed by atoms with E-state index in [9.17, 15) is 0 Å². The molecular formula is C22H52B2MgO6. The summed E-state index contributed by atoms with van der Waals surface area (Å²) in [5, 5.41) is 0. The standard InChI is InChI=1S/2C11H26BO3.Mg/c2*1-5-9-10-11-12(13-6-2,14-7-3)15-8-4;/h2*5-11H2,1-4H3;/q2*-1;+2. The Bertz CT molecular complexity index is 288. The molecule has 0 atom stereocenters. The van der Waals surface area contributed by atoms with Crippen LogP contribution in [0, 0.1) is 0 Å². The molecule has 0 aliphatic rings. The maximum Gasteiger partial charge on any atom is 2.00 e. The number of rotatable bonds is 20. The predicted octanol–water partition coefficient (Wildman–Crippen LogP) is 6.07. The molecule has 0 spiro atoms. The Morgan fingerprint density at radius 2 is 0.613 bits per heavy atom. The Morgan fingerprint density at radius 3 is 0.774 bits per heavy atom. The number of hydrogen-bond acceptors (Lipinski definition) is 6. The van der Waals surface area contributed by atoms with Gasteiger partial charge in [0, 0.05) is 0 Å². The molecule has 0 aromatic rings. The van der Waals surface area contributed by atoms with Gasteiger partial charge in [0.05, 0.1) is 0 Å². The van der Waals surface area contributed by atoms with Crippen molar-refractivity contribution in [3.63, 3.8) is 0 Å². The van der Waals surface area contributed by atoms with Crippen molar-refractivity contribution >= 4 is 36.6 Å². The van der Waals surface area contributed by atoms with Crippen LogP contribution in [0.5, 0.6) is 0 Å². The van der Waals surface area contributed by atoms with Crippen molar-refractivity contribution in [3.8, 4) is 0 Å². The minimum Gasteiger partial charge on any atom is -0.545 e. The van der Waals surface area contributed by atoms with Crippen LogP contribution in [0.25, 0.3) is 0 Å². The van der Waals surface area contributed by atoms with Crippen LogP contribution in [0.4, 0.5) is 0 Å². The van der Waals surface area contributed by atoms with Crippen LogP contribution >= 0.6 is 0 Å². The molecule has 0 N–H and O–H groups in total. The summed E-state index contributed by atoms with van der Waals surface area (Å²) in [6.45, 7) is 17.2. The first-order valence-electron chi connectivity index (χ1n) is 12.6. The molecule has 184 valence electrons. The number of unbranched alkanes of at least 4 members (excludes halogenated alkanes) is 4. The minimum atomic E-state index is -1.49. The fourth-order valence-electron chi connectivity index (χ4n) is 3.60. The van der Waals surface area contributed by atoms with E-state index in [1.54, 1.807) is 0 Å². The van der Waals surface area contributed by atoms with Gasteiger partial charge in [0.1, 0.15) is 0 Å². The Kier molecular flexibility index (Phi) is 29.5. The van der Waals surface area contributed by atoms with Gasteiger partial charge in [-0.05, 0) is 81.2 Å². The summed E-state index contributed by atoms with van der Waals surface area (Å²) in [5.41, 5.74) is 0. The minimum absolute atomic E-state index is 0. The molecule has 31 heavy (non-hydrogen) atoms. The third kappa shape index (κ3) is 18.7. The van der Waals surface area contributed by atoms with Crippen LogP contribution in [0.1, 0.15) is 93.9 Å². The molecule has 0 aromatic carbocycles. The van der Waals surface area contributed by atoms with Gasteiger partial charge in [0.15, 0.2) is 0 Å². The molecule has 0 aliphatic carbocycles. The van der Waals surface area contributed by atoms with Crippen LogP contribution in [0.3, 0.4) is 0 Å². The smallest absolute Gasteiger partial charge is 0.545 e. The molecule has 0 aliphatic heterocycles. The molecule has 0 fully saturated rings. The third-order valence-corrected chi connectivity index (χ3v) is 4.85. The second kappa shape index (κ2) is 25.3. The van der Waals surface area contributed by atoms with Gasteiger partial charge in [-0.1, -0.05) is 65.0 Å². The van der Waals surface area contributed by atoms with Gasteiger partial charge < -0.3 is 27.9 Å². The van der Waals surface area contributed by atoms with Gasteiger partial charge in [-0.3, -0.25) is 0 Å². The van der Waals surface area contributed by atoms with E-state index >= 15 is 0 Å². The van der Waals surface area contributed by atoms with Crippen molar-refractivity contribution < 1.29 is 27.9 Å². The first kappa shape index (κ1) is 36.2. The second-order valence-corrected chi connectivity index (χ2v) is 7.30. The monoisotopic (exact) mass is 458 g/mol. The summed E-state index contributed by atoms with van der Waals surface area (Å²) in [6.07, 6.45) is 8.79. The van der Waals surface area contributed by atoms with Crippen LogP contribution in [-0.2, 0) is 27.9 Å². The quantitative estimate of drug-likeness (QED) is 0.163. The summed E-state index contributed by atoms with van der Waals surface area (Å²) >= 11 is 0. The molecule has 0 heterocycles. The molecule has 6 nitrogen and oxygen atoms in total. The molecule has 0 saturated carbocycles. The summed E-state index contributed by atoms with van der Waals surface area (Å²) < 4.78 is 34.1. The Morgan fingerprint density at radius 1 is 0.387 bits per heavy atom. The SMILES string of the molecule is CCCCC[B-](OCC)(OCC)OCC.CCCCC[B-](OCC)(OCC)OCC.[Mg+2]. The van der Waals surface area contributed by atoms with E-state index in [2.05, 4.69) is 13.8 Å².